The van der Waals surface area contributed by atoms with E-state index in [-0.39, 0.29) is 158 Å². The summed E-state index contributed by atoms with van der Waals surface area (Å²) in [5.74, 6) is 0. The second-order valence-electron chi connectivity index (χ2n) is 0. The van der Waals surface area contributed by atoms with Gasteiger partial charge in [-0.3, -0.25) is 0 Å². The van der Waals surface area contributed by atoms with Gasteiger partial charge in [0.25, 0.3) is 0 Å². The third-order valence-corrected chi connectivity index (χ3v) is 0. The molecule has 0 aliphatic heterocycles. The fraction of sp³-hybridized carbons (Fsp3) is 0. The van der Waals surface area contributed by atoms with Gasteiger partial charge < -0.3 is 67.5 Å². The molecule has 0 aliphatic carbocycles. The predicted molar refractivity (Wildman–Crippen MR) is 48.3 cm³/mol. The number of hydrogen-bond acceptors (Lipinski definition) is 0. The van der Waals surface area contributed by atoms with E-state index in [4.69, 9.17) is 0 Å². The molecular formula is In2S5Zn2. The first kappa shape index (κ1) is 99.3. The van der Waals surface area contributed by atoms with Gasteiger partial charge in [-0.25, -0.2) is 0 Å². The molecule has 0 bridgehead atoms. The standard InChI is InChI=1S/2In.5S.2Zn/q2*+3;5*-2;2*+2. The number of rotatable bonds is 0. The summed E-state index contributed by atoms with van der Waals surface area (Å²) in [5, 5.41) is 0. The zero-order valence-electron chi connectivity index (χ0n) is 4.61. The summed E-state index contributed by atoms with van der Waals surface area (Å²) in [6.07, 6.45) is 0. The largest absolute Gasteiger partial charge is 3.00 e. The maximum Gasteiger partial charge on any atom is 3.00 e. The third kappa shape index (κ3) is 65.4. The second kappa shape index (κ2) is 78.2. The average Bonchev–Trinajstić information content (AvgIpc) is 0. The minimum atomic E-state index is 0. The van der Waals surface area contributed by atoms with E-state index in [2.05, 4.69) is 0 Å². The van der Waals surface area contributed by atoms with Crippen molar-refractivity contribution < 1.29 is 39.0 Å². The van der Waals surface area contributed by atoms with E-state index in [0.717, 1.165) is 0 Å². The molecule has 0 atom stereocenters. The summed E-state index contributed by atoms with van der Waals surface area (Å²) < 4.78 is 0. The fourth-order valence-corrected chi connectivity index (χ4v) is 0. The van der Waals surface area contributed by atoms with Crippen LogP contribution in [-0.2, 0) is 106 Å². The minimum Gasteiger partial charge on any atom is -2.00 e. The fourth-order valence-electron chi connectivity index (χ4n) is 0. The zero-order chi connectivity index (χ0) is 0. The number of hydrogen-bond donors (Lipinski definition) is 0. The molecule has 40 valence electrons. The molecule has 0 N–H and O–H groups in total. The Labute approximate surface area is 155 Å². The molecule has 0 aromatic rings. The molecule has 0 aromatic carbocycles. The molecule has 0 nitrogen and oxygen atoms in total. The van der Waals surface area contributed by atoms with E-state index in [9.17, 15) is 0 Å². The third-order valence-electron chi connectivity index (χ3n) is 0. The normalized spacial score (nSPS) is 0. The molecule has 0 spiro atoms. The zero-order valence-corrected chi connectivity index (χ0v) is 21.2. The quantitative estimate of drug-likeness (QED) is 0.368. The smallest absolute Gasteiger partial charge is 2.00 e. The van der Waals surface area contributed by atoms with Crippen LogP contribution in [0.4, 0.5) is 0 Å². The maximum absolute atomic E-state index is 0. The van der Waals surface area contributed by atoms with E-state index < -0.39 is 0 Å². The molecule has 0 fully saturated rings. The van der Waals surface area contributed by atoms with Crippen molar-refractivity contribution in [2.75, 3.05) is 0 Å². The topological polar surface area (TPSA) is 0 Å². The van der Waals surface area contributed by atoms with E-state index in [1.807, 2.05) is 0 Å². The summed E-state index contributed by atoms with van der Waals surface area (Å²) in [7, 11) is 0. The Morgan fingerprint density at radius 1 is 0.333 bits per heavy atom. The van der Waals surface area contributed by atoms with Gasteiger partial charge in [-0.15, -0.1) is 0 Å². The van der Waals surface area contributed by atoms with Crippen LogP contribution >= 0.6 is 0 Å². The van der Waals surface area contributed by atoms with Gasteiger partial charge in [0.1, 0.15) is 0 Å². The predicted octanol–water partition coefficient (Wildman–Crippen LogP) is -0.779. The van der Waals surface area contributed by atoms with Crippen LogP contribution in [0.5, 0.6) is 0 Å². The summed E-state index contributed by atoms with van der Waals surface area (Å²) in [6.45, 7) is 0. The molecule has 0 heterocycles. The molecule has 0 aromatic heterocycles. The SMILES string of the molecule is [In+3].[In+3].[S-2].[S-2].[S-2].[S-2].[S-2].[Zn+2].[Zn+2]. The van der Waals surface area contributed by atoms with Crippen LogP contribution in [0.3, 0.4) is 0 Å². The van der Waals surface area contributed by atoms with Gasteiger partial charge in [0.15, 0.2) is 0 Å². The molecule has 9 heavy (non-hydrogen) atoms. The van der Waals surface area contributed by atoms with Gasteiger partial charge in [-0.05, 0) is 0 Å². The maximum atomic E-state index is 0. The van der Waals surface area contributed by atoms with E-state index in [1.165, 1.54) is 0 Å². The molecule has 0 rings (SSSR count). The Balaban J connectivity index is 0. The van der Waals surface area contributed by atoms with Crippen LogP contribution in [0.15, 0.2) is 0 Å². The van der Waals surface area contributed by atoms with Crippen LogP contribution in [-0.4, -0.2) is 51.7 Å². The van der Waals surface area contributed by atoms with Crippen molar-refractivity contribution in [3.8, 4) is 0 Å². The molecule has 0 unspecified atom stereocenters. The van der Waals surface area contributed by atoms with Gasteiger partial charge in [-0.1, -0.05) is 0 Å². The Hall–Kier alpha value is 4.74. The first-order chi connectivity index (χ1) is 0. The van der Waals surface area contributed by atoms with Crippen molar-refractivity contribution in [3.63, 3.8) is 0 Å². The van der Waals surface area contributed by atoms with Crippen molar-refractivity contribution >= 4 is 119 Å². The van der Waals surface area contributed by atoms with Crippen LogP contribution in [0.25, 0.3) is 0 Å². The van der Waals surface area contributed by atoms with Crippen molar-refractivity contribution in [1.29, 1.82) is 0 Å². The molecule has 0 aliphatic rings. The minimum absolute atomic E-state index is 0. The first-order valence-corrected chi connectivity index (χ1v) is 0. The van der Waals surface area contributed by atoms with E-state index in [1.54, 1.807) is 0 Å². The Morgan fingerprint density at radius 2 is 0.333 bits per heavy atom. The summed E-state index contributed by atoms with van der Waals surface area (Å²) >= 11 is 0. The first-order valence-electron chi connectivity index (χ1n) is 0. The molecule has 0 amide bonds. The molecule has 9 heteroatoms. The molecule has 0 radical (unpaired) electrons. The second-order valence-corrected chi connectivity index (χ2v) is 0. The average molecular weight is 521 g/mol. The van der Waals surface area contributed by atoms with Gasteiger partial charge in [0.2, 0.25) is 0 Å². The van der Waals surface area contributed by atoms with E-state index >= 15 is 0 Å². The molecule has 0 saturated heterocycles. The summed E-state index contributed by atoms with van der Waals surface area (Å²) in [4.78, 5) is 0. The Bertz CT molecular complexity index is 12.9. The van der Waals surface area contributed by atoms with Crippen molar-refractivity contribution in [3.05, 3.63) is 0 Å². The van der Waals surface area contributed by atoms with Crippen LogP contribution in [0.1, 0.15) is 0 Å². The van der Waals surface area contributed by atoms with Crippen molar-refractivity contribution in [2.24, 2.45) is 0 Å². The summed E-state index contributed by atoms with van der Waals surface area (Å²) in [6, 6.07) is 0. The monoisotopic (exact) mass is 518 g/mol. The van der Waals surface area contributed by atoms with Crippen LogP contribution in [0, 0.1) is 0 Å². The summed E-state index contributed by atoms with van der Waals surface area (Å²) in [5.41, 5.74) is 0. The Kier molecular flexibility index (Phi) is 863. The van der Waals surface area contributed by atoms with Gasteiger partial charge >= 0.3 is 90.6 Å². The van der Waals surface area contributed by atoms with Crippen molar-refractivity contribution in [1.82, 2.24) is 0 Å². The van der Waals surface area contributed by atoms with Gasteiger partial charge in [0, 0.05) is 0 Å². The molecule has 0 saturated carbocycles. The van der Waals surface area contributed by atoms with Crippen LogP contribution < -0.4 is 0 Å². The van der Waals surface area contributed by atoms with Crippen molar-refractivity contribution in [2.45, 2.75) is 0 Å². The van der Waals surface area contributed by atoms with E-state index in [0.29, 0.717) is 0 Å². The van der Waals surface area contributed by atoms with Gasteiger partial charge in [0.05, 0.1) is 0 Å². The van der Waals surface area contributed by atoms with Crippen LogP contribution in [0.2, 0.25) is 0 Å². The Morgan fingerprint density at radius 3 is 0.333 bits per heavy atom. The molecular weight excluding hydrogens is 521 g/mol. The van der Waals surface area contributed by atoms with Gasteiger partial charge in [-0.2, -0.15) is 0 Å².